The molecule has 2 aromatic rings. The van der Waals surface area contributed by atoms with Crippen molar-refractivity contribution in [1.29, 1.82) is 0 Å². The number of ether oxygens (including phenoxy) is 2. The van der Waals surface area contributed by atoms with Crippen molar-refractivity contribution >= 4 is 17.7 Å². The third-order valence-electron chi connectivity index (χ3n) is 4.71. The maximum Gasteiger partial charge on any atom is 0.387 e. The molecule has 2 N–H and O–H groups in total. The van der Waals surface area contributed by atoms with Crippen LogP contribution in [0.5, 0.6) is 11.5 Å². The summed E-state index contributed by atoms with van der Waals surface area (Å²) in [4.78, 5) is 41.1. The number of imide groups is 1. The van der Waals surface area contributed by atoms with Crippen molar-refractivity contribution in [3.63, 3.8) is 0 Å². The summed E-state index contributed by atoms with van der Waals surface area (Å²) in [7, 11) is 0. The van der Waals surface area contributed by atoms with E-state index in [4.69, 9.17) is 0 Å². The van der Waals surface area contributed by atoms with Gasteiger partial charge in [-0.2, -0.15) is 17.6 Å². The highest BCUT2D eigenvalue weighted by Gasteiger charge is 2.44. The van der Waals surface area contributed by atoms with Crippen molar-refractivity contribution in [2.75, 3.05) is 0 Å². The average molecular weight is 455 g/mol. The van der Waals surface area contributed by atoms with Crippen molar-refractivity contribution < 1.29 is 41.4 Å². The molecule has 1 aliphatic heterocycles. The third kappa shape index (κ3) is 5.50. The lowest BCUT2D eigenvalue weighted by molar-refractivity contribution is -0.138. The van der Waals surface area contributed by atoms with Gasteiger partial charge in [-0.15, -0.1) is 0 Å². The fraction of sp³-hybridized carbons (Fsp3) is 0.300. The van der Waals surface area contributed by atoms with Crippen LogP contribution in [0.2, 0.25) is 0 Å². The molecule has 1 saturated heterocycles. The molecule has 0 bridgehead atoms. The molecule has 3 rings (SSSR count). The Morgan fingerprint density at radius 3 is 2.34 bits per heavy atom. The van der Waals surface area contributed by atoms with E-state index in [0.717, 1.165) is 18.2 Å². The van der Waals surface area contributed by atoms with Crippen LogP contribution in [0.3, 0.4) is 0 Å². The first-order valence-corrected chi connectivity index (χ1v) is 9.28. The number of benzene rings is 1. The van der Waals surface area contributed by atoms with Gasteiger partial charge in [0, 0.05) is 30.8 Å². The minimum atomic E-state index is -3.36. The average Bonchev–Trinajstić information content (AvgIpc) is 2.72. The van der Waals surface area contributed by atoms with Crippen molar-refractivity contribution in [3.05, 3.63) is 53.9 Å². The smallest absolute Gasteiger partial charge is 0.387 e. The first kappa shape index (κ1) is 23.0. The van der Waals surface area contributed by atoms with E-state index in [1.807, 2.05) is 0 Å². The number of piperidine rings is 1. The SMILES string of the molecule is O=C1CC[C@@](Cc2ccncc2)(NC(=O)c2ccc(OC(F)F)c(OC(F)F)c2)C(=O)N1. The van der Waals surface area contributed by atoms with Gasteiger partial charge < -0.3 is 14.8 Å². The number of carbonyl (C=O) groups is 3. The summed E-state index contributed by atoms with van der Waals surface area (Å²) in [6.45, 7) is -6.66. The highest BCUT2D eigenvalue weighted by Crippen LogP contribution is 2.32. The maximum absolute atomic E-state index is 12.9. The molecule has 3 amide bonds. The van der Waals surface area contributed by atoms with Crippen molar-refractivity contribution in [2.24, 2.45) is 0 Å². The second-order valence-corrected chi connectivity index (χ2v) is 6.86. The Bertz CT molecular complexity index is 1010. The van der Waals surface area contributed by atoms with E-state index in [2.05, 4.69) is 25.1 Å². The number of halogens is 4. The Morgan fingerprint density at radius 1 is 1.06 bits per heavy atom. The summed E-state index contributed by atoms with van der Waals surface area (Å²) in [5.41, 5.74) is -1.12. The van der Waals surface area contributed by atoms with E-state index >= 15 is 0 Å². The number of alkyl halides is 4. The Morgan fingerprint density at radius 2 is 1.72 bits per heavy atom. The van der Waals surface area contributed by atoms with Crippen LogP contribution in [-0.4, -0.2) is 41.5 Å². The van der Waals surface area contributed by atoms with Crippen LogP contribution in [0, 0.1) is 0 Å². The van der Waals surface area contributed by atoms with Gasteiger partial charge in [0.15, 0.2) is 11.5 Å². The predicted molar refractivity (Wildman–Crippen MR) is 100 cm³/mol. The molecule has 0 unspecified atom stereocenters. The van der Waals surface area contributed by atoms with E-state index in [-0.39, 0.29) is 24.8 Å². The lowest BCUT2D eigenvalue weighted by atomic mass is 9.82. The molecule has 170 valence electrons. The largest absolute Gasteiger partial charge is 0.431 e. The normalized spacial score (nSPS) is 18.4. The lowest BCUT2D eigenvalue weighted by Crippen LogP contribution is -2.64. The van der Waals surface area contributed by atoms with E-state index in [1.165, 1.54) is 12.4 Å². The van der Waals surface area contributed by atoms with Crippen LogP contribution < -0.4 is 20.1 Å². The molecule has 2 heterocycles. The Kier molecular flexibility index (Phi) is 6.91. The number of aromatic nitrogens is 1. The first-order valence-electron chi connectivity index (χ1n) is 9.28. The summed E-state index contributed by atoms with van der Waals surface area (Å²) in [6, 6.07) is 5.98. The van der Waals surface area contributed by atoms with E-state index in [9.17, 15) is 31.9 Å². The number of nitrogens with zero attached hydrogens (tertiary/aromatic N) is 1. The molecule has 0 saturated carbocycles. The van der Waals surface area contributed by atoms with Crippen molar-refractivity contribution in [1.82, 2.24) is 15.6 Å². The summed E-state index contributed by atoms with van der Waals surface area (Å²) < 4.78 is 58.7. The van der Waals surface area contributed by atoms with Crippen molar-refractivity contribution in [3.8, 4) is 11.5 Å². The topological polar surface area (TPSA) is 107 Å². The molecule has 1 aromatic carbocycles. The highest BCUT2D eigenvalue weighted by molar-refractivity contribution is 6.06. The monoisotopic (exact) mass is 455 g/mol. The zero-order valence-electron chi connectivity index (χ0n) is 16.3. The van der Waals surface area contributed by atoms with Gasteiger partial charge >= 0.3 is 13.2 Å². The number of pyridine rings is 1. The van der Waals surface area contributed by atoms with Gasteiger partial charge in [0.1, 0.15) is 5.54 Å². The molecule has 1 atom stereocenters. The van der Waals surface area contributed by atoms with Crippen LogP contribution in [0.15, 0.2) is 42.7 Å². The zero-order chi connectivity index (χ0) is 23.3. The zero-order valence-corrected chi connectivity index (χ0v) is 16.3. The highest BCUT2D eigenvalue weighted by atomic mass is 19.3. The molecule has 1 fully saturated rings. The molecule has 32 heavy (non-hydrogen) atoms. The van der Waals surface area contributed by atoms with Crippen LogP contribution in [-0.2, 0) is 16.0 Å². The molecule has 0 radical (unpaired) electrons. The number of nitrogens with one attached hydrogen (secondary N) is 2. The van der Waals surface area contributed by atoms with Gasteiger partial charge in [-0.3, -0.25) is 24.7 Å². The number of amides is 3. The minimum Gasteiger partial charge on any atom is -0.431 e. The standard InChI is InChI=1S/C20H17F4N3O5/c21-18(22)31-13-2-1-12(9-14(13)32-19(23)24)16(29)27-20(6-3-15(28)26-17(20)30)10-11-4-7-25-8-5-11/h1-2,4-5,7-9,18-19H,3,6,10H2,(H,27,29)(H,26,28,30)/t20-/m0/s1. The Labute approximate surface area is 178 Å². The minimum absolute atomic E-state index is 0.0152. The predicted octanol–water partition coefficient (Wildman–Crippen LogP) is 2.43. The summed E-state index contributed by atoms with van der Waals surface area (Å²) in [5.74, 6) is -3.58. The molecule has 1 aliphatic rings. The molecular formula is C20H17F4N3O5. The summed E-state index contributed by atoms with van der Waals surface area (Å²) in [5, 5.41) is 4.73. The number of hydrogen-bond acceptors (Lipinski definition) is 6. The van der Waals surface area contributed by atoms with E-state index in [0.29, 0.717) is 5.56 Å². The van der Waals surface area contributed by atoms with Crippen LogP contribution in [0.1, 0.15) is 28.8 Å². The molecule has 8 nitrogen and oxygen atoms in total. The maximum atomic E-state index is 12.9. The Balaban J connectivity index is 1.90. The van der Waals surface area contributed by atoms with Gasteiger partial charge in [-0.25, -0.2) is 0 Å². The van der Waals surface area contributed by atoms with Crippen molar-refractivity contribution in [2.45, 2.75) is 38.0 Å². The van der Waals surface area contributed by atoms with Gasteiger partial charge in [0.25, 0.3) is 11.8 Å². The van der Waals surface area contributed by atoms with Crippen LogP contribution in [0.4, 0.5) is 17.6 Å². The van der Waals surface area contributed by atoms with Gasteiger partial charge in [-0.05, 0) is 42.3 Å². The third-order valence-corrected chi connectivity index (χ3v) is 4.71. The molecule has 0 aliphatic carbocycles. The molecule has 12 heteroatoms. The second kappa shape index (κ2) is 9.62. The van der Waals surface area contributed by atoms with Gasteiger partial charge in [-0.1, -0.05) is 0 Å². The van der Waals surface area contributed by atoms with Crippen LogP contribution in [0.25, 0.3) is 0 Å². The fourth-order valence-corrected chi connectivity index (χ4v) is 3.25. The van der Waals surface area contributed by atoms with Gasteiger partial charge in [0.2, 0.25) is 5.91 Å². The summed E-state index contributed by atoms with van der Waals surface area (Å²) in [6.07, 6.45) is 2.95. The second-order valence-electron chi connectivity index (χ2n) is 6.86. The number of hydrogen-bond donors (Lipinski definition) is 2. The van der Waals surface area contributed by atoms with E-state index in [1.54, 1.807) is 12.1 Å². The van der Waals surface area contributed by atoms with E-state index < -0.39 is 48.0 Å². The number of rotatable bonds is 8. The van der Waals surface area contributed by atoms with Crippen LogP contribution >= 0.6 is 0 Å². The van der Waals surface area contributed by atoms with Gasteiger partial charge in [0.05, 0.1) is 0 Å². The fourth-order valence-electron chi connectivity index (χ4n) is 3.25. The lowest BCUT2D eigenvalue weighted by Gasteiger charge is -2.36. The molecule has 1 aromatic heterocycles. The quantitative estimate of drug-likeness (QED) is 0.468. The Hall–Kier alpha value is -3.70. The molecular weight excluding hydrogens is 438 g/mol. The number of carbonyl (C=O) groups excluding carboxylic acids is 3. The summed E-state index contributed by atoms with van der Waals surface area (Å²) >= 11 is 0. The first-order chi connectivity index (χ1) is 15.2. The molecule has 0 spiro atoms.